The van der Waals surface area contributed by atoms with E-state index in [1.165, 1.54) is 25.3 Å². The summed E-state index contributed by atoms with van der Waals surface area (Å²) in [6.07, 6.45) is 0.166. The number of hydrogen-bond donors (Lipinski definition) is 2. The Balaban J connectivity index is 1.95. The minimum Gasteiger partial charge on any atom is -0.495 e. The predicted octanol–water partition coefficient (Wildman–Crippen LogP) is 4.49. The minimum atomic E-state index is -4.12. The van der Waals surface area contributed by atoms with Crippen LogP contribution in [0, 0.1) is 13.8 Å². The molecule has 1 atom stereocenters. The summed E-state index contributed by atoms with van der Waals surface area (Å²) >= 11 is 6.02. The summed E-state index contributed by atoms with van der Waals surface area (Å²) in [7, 11) is -2.75. The van der Waals surface area contributed by atoms with Crippen molar-refractivity contribution >= 4 is 33.2 Å². The maximum Gasteiger partial charge on any atom is 0.245 e. The van der Waals surface area contributed by atoms with E-state index >= 15 is 0 Å². The second kappa shape index (κ2) is 10.2. The Labute approximate surface area is 193 Å². The molecule has 3 aromatic carbocycles. The summed E-state index contributed by atoms with van der Waals surface area (Å²) in [5, 5.41) is 3.10. The summed E-state index contributed by atoms with van der Waals surface area (Å²) in [6, 6.07) is 18.1. The van der Waals surface area contributed by atoms with Crippen LogP contribution in [-0.2, 0) is 21.2 Å². The van der Waals surface area contributed by atoms with Crippen molar-refractivity contribution in [3.63, 3.8) is 0 Å². The lowest BCUT2D eigenvalue weighted by Crippen LogP contribution is -2.45. The molecule has 0 radical (unpaired) electrons. The Morgan fingerprint density at radius 3 is 2.44 bits per heavy atom. The zero-order chi connectivity index (χ0) is 23.3. The molecular formula is C24H25ClN2O4S. The molecule has 32 heavy (non-hydrogen) atoms. The lowest BCUT2D eigenvalue weighted by atomic mass is 10.1. The Kier molecular flexibility index (Phi) is 7.56. The molecule has 3 aromatic rings. The zero-order valence-corrected chi connectivity index (χ0v) is 19.6. The maximum absolute atomic E-state index is 13.2. The molecule has 2 N–H and O–H groups in total. The summed E-state index contributed by atoms with van der Waals surface area (Å²) in [5.41, 5.74) is 3.30. The standard InChI is InChI=1S/C24H25ClN2O4S/c1-16-9-10-17(2)20(13-16)26-24(28)21(14-18-7-5-4-6-8-18)27-32(29,30)23-15-19(25)11-12-22(23)31-3/h4-13,15,21,27H,14H2,1-3H3,(H,26,28)/t21-/m0/s1. The van der Waals surface area contributed by atoms with Crippen molar-refractivity contribution < 1.29 is 17.9 Å². The molecule has 0 aliphatic heterocycles. The van der Waals surface area contributed by atoms with Crippen LogP contribution >= 0.6 is 11.6 Å². The van der Waals surface area contributed by atoms with Crippen LogP contribution in [0.5, 0.6) is 5.75 Å². The molecule has 0 aliphatic rings. The van der Waals surface area contributed by atoms with Crippen molar-refractivity contribution in [1.82, 2.24) is 4.72 Å². The van der Waals surface area contributed by atoms with Crippen molar-refractivity contribution in [3.05, 3.63) is 88.4 Å². The summed E-state index contributed by atoms with van der Waals surface area (Å²) in [5.74, 6) is -0.331. The van der Waals surface area contributed by atoms with Crippen LogP contribution in [0.2, 0.25) is 5.02 Å². The average molecular weight is 473 g/mol. The maximum atomic E-state index is 13.2. The van der Waals surface area contributed by atoms with Crippen LogP contribution in [0.3, 0.4) is 0 Å². The molecule has 8 heteroatoms. The van der Waals surface area contributed by atoms with Gasteiger partial charge in [-0.2, -0.15) is 4.72 Å². The van der Waals surface area contributed by atoms with Gasteiger partial charge >= 0.3 is 0 Å². The average Bonchev–Trinajstić information content (AvgIpc) is 2.76. The van der Waals surface area contributed by atoms with E-state index in [4.69, 9.17) is 16.3 Å². The Hall–Kier alpha value is -2.87. The summed E-state index contributed by atoms with van der Waals surface area (Å²) < 4.78 is 34.2. The van der Waals surface area contributed by atoms with Crippen LogP contribution in [0.1, 0.15) is 16.7 Å². The first-order valence-electron chi connectivity index (χ1n) is 9.97. The van der Waals surface area contributed by atoms with Gasteiger partial charge in [-0.15, -0.1) is 0 Å². The molecule has 0 spiro atoms. The van der Waals surface area contributed by atoms with Gasteiger partial charge in [-0.25, -0.2) is 8.42 Å². The number of rotatable bonds is 8. The van der Waals surface area contributed by atoms with Crippen molar-refractivity contribution in [2.45, 2.75) is 31.2 Å². The number of carbonyl (C=O) groups is 1. The highest BCUT2D eigenvalue weighted by Gasteiger charge is 2.29. The molecule has 0 unspecified atom stereocenters. The number of amides is 1. The van der Waals surface area contributed by atoms with E-state index < -0.39 is 22.0 Å². The largest absolute Gasteiger partial charge is 0.495 e. The first-order chi connectivity index (χ1) is 15.2. The number of halogens is 1. The van der Waals surface area contributed by atoms with E-state index in [0.29, 0.717) is 5.69 Å². The quantitative estimate of drug-likeness (QED) is 0.505. The van der Waals surface area contributed by atoms with Gasteiger partial charge in [-0.05, 0) is 61.2 Å². The van der Waals surface area contributed by atoms with E-state index in [9.17, 15) is 13.2 Å². The predicted molar refractivity (Wildman–Crippen MR) is 127 cm³/mol. The van der Waals surface area contributed by atoms with Gasteiger partial charge in [-0.3, -0.25) is 4.79 Å². The SMILES string of the molecule is COc1ccc(Cl)cc1S(=O)(=O)N[C@@H](Cc1ccccc1)C(=O)Nc1cc(C)ccc1C. The monoisotopic (exact) mass is 472 g/mol. The number of carbonyl (C=O) groups excluding carboxylic acids is 1. The van der Waals surface area contributed by atoms with Crippen molar-refractivity contribution in [2.75, 3.05) is 12.4 Å². The lowest BCUT2D eigenvalue weighted by molar-refractivity contribution is -0.117. The molecule has 0 heterocycles. The van der Waals surface area contributed by atoms with Gasteiger partial charge in [-0.1, -0.05) is 54.1 Å². The number of sulfonamides is 1. The van der Waals surface area contributed by atoms with Crippen LogP contribution in [0.15, 0.2) is 71.6 Å². The van der Waals surface area contributed by atoms with E-state index in [1.54, 1.807) is 0 Å². The number of methoxy groups -OCH3 is 1. The molecular weight excluding hydrogens is 448 g/mol. The highest BCUT2D eigenvalue weighted by atomic mass is 35.5. The van der Waals surface area contributed by atoms with Gasteiger partial charge in [0.05, 0.1) is 7.11 Å². The molecule has 0 aliphatic carbocycles. The lowest BCUT2D eigenvalue weighted by Gasteiger charge is -2.20. The van der Waals surface area contributed by atoms with Gasteiger partial charge in [0.25, 0.3) is 0 Å². The number of anilines is 1. The van der Waals surface area contributed by atoms with Crippen LogP contribution in [-0.4, -0.2) is 27.5 Å². The second-order valence-corrected chi connectivity index (χ2v) is 9.59. The van der Waals surface area contributed by atoms with Gasteiger partial charge in [0.15, 0.2) is 0 Å². The van der Waals surface area contributed by atoms with E-state index in [0.717, 1.165) is 16.7 Å². The molecule has 6 nitrogen and oxygen atoms in total. The number of benzene rings is 3. The van der Waals surface area contributed by atoms with Crippen LogP contribution < -0.4 is 14.8 Å². The zero-order valence-electron chi connectivity index (χ0n) is 18.1. The molecule has 168 valence electrons. The van der Waals surface area contributed by atoms with Crippen molar-refractivity contribution in [2.24, 2.45) is 0 Å². The fourth-order valence-corrected chi connectivity index (χ4v) is 4.87. The van der Waals surface area contributed by atoms with Crippen molar-refractivity contribution in [1.29, 1.82) is 0 Å². The first kappa shape index (κ1) is 23.8. The van der Waals surface area contributed by atoms with Gasteiger partial charge in [0.2, 0.25) is 15.9 Å². The third-order valence-electron chi connectivity index (χ3n) is 4.96. The number of nitrogens with one attached hydrogen (secondary N) is 2. The second-order valence-electron chi connectivity index (χ2n) is 7.47. The summed E-state index contributed by atoms with van der Waals surface area (Å²) in [6.45, 7) is 3.80. The Bertz CT molecular complexity index is 1210. The molecule has 0 aromatic heterocycles. The first-order valence-corrected chi connectivity index (χ1v) is 11.8. The Morgan fingerprint density at radius 2 is 1.75 bits per heavy atom. The highest BCUT2D eigenvalue weighted by molar-refractivity contribution is 7.89. The molecule has 0 saturated heterocycles. The van der Waals surface area contributed by atoms with Gasteiger partial charge < -0.3 is 10.1 Å². The van der Waals surface area contributed by atoms with E-state index in [-0.39, 0.29) is 22.1 Å². The molecule has 0 saturated carbocycles. The van der Waals surface area contributed by atoms with Crippen LogP contribution in [0.25, 0.3) is 0 Å². The number of hydrogen-bond acceptors (Lipinski definition) is 4. The molecule has 1 amide bonds. The fraction of sp³-hybridized carbons (Fsp3) is 0.208. The van der Waals surface area contributed by atoms with Crippen LogP contribution in [0.4, 0.5) is 5.69 Å². The topological polar surface area (TPSA) is 84.5 Å². The van der Waals surface area contributed by atoms with E-state index in [2.05, 4.69) is 10.0 Å². The summed E-state index contributed by atoms with van der Waals surface area (Å²) in [4.78, 5) is 13.1. The van der Waals surface area contributed by atoms with Gasteiger partial charge in [0.1, 0.15) is 16.7 Å². The molecule has 0 fully saturated rings. The normalized spacial score (nSPS) is 12.2. The number of ether oxygens (including phenoxy) is 1. The van der Waals surface area contributed by atoms with E-state index in [1.807, 2.05) is 62.4 Å². The van der Waals surface area contributed by atoms with Crippen molar-refractivity contribution in [3.8, 4) is 5.75 Å². The molecule has 0 bridgehead atoms. The fourth-order valence-electron chi connectivity index (χ4n) is 3.24. The third kappa shape index (κ3) is 5.88. The Morgan fingerprint density at radius 1 is 1.03 bits per heavy atom. The smallest absolute Gasteiger partial charge is 0.245 e. The minimum absolute atomic E-state index is 0.134. The highest BCUT2D eigenvalue weighted by Crippen LogP contribution is 2.27. The molecule has 3 rings (SSSR count). The van der Waals surface area contributed by atoms with Gasteiger partial charge in [0, 0.05) is 10.7 Å². The number of aryl methyl sites for hydroxylation is 2. The third-order valence-corrected chi connectivity index (χ3v) is 6.69.